The average Bonchev–Trinajstić information content (AvgIpc) is 1.56. The van der Waals surface area contributed by atoms with Gasteiger partial charge in [-0.3, -0.25) is 0 Å². The summed E-state index contributed by atoms with van der Waals surface area (Å²) < 4.78 is 0. The highest BCUT2D eigenvalue weighted by Crippen LogP contribution is 2.68. The lowest BCUT2D eigenvalue weighted by Crippen LogP contribution is -2.38. The van der Waals surface area contributed by atoms with Crippen LogP contribution in [0.15, 0.2) is 413 Å². The van der Waals surface area contributed by atoms with Crippen molar-refractivity contribution in [1.29, 1.82) is 0 Å². The molecule has 2 nitrogen and oxygen atoms in total. The third-order valence-corrected chi connectivity index (χ3v) is 24.2. The van der Waals surface area contributed by atoms with E-state index in [0.29, 0.717) is 0 Å². The van der Waals surface area contributed by atoms with E-state index in [0.717, 1.165) is 67.2 Å². The first kappa shape index (κ1) is 60.9. The fourth-order valence-electron chi connectivity index (χ4n) is 20.2. The fraction of sp³-hybridized carbons (Fsp3) is 0.0286. The maximum Gasteiger partial charge on any atom is 0.0742 e. The minimum Gasteiger partial charge on any atom is -0.309 e. The maximum atomic E-state index is 2.59. The number of hydrogen-bond donors (Lipinski definition) is 0. The van der Waals surface area contributed by atoms with Crippen molar-refractivity contribution in [1.82, 2.24) is 0 Å². The summed E-state index contributed by atoms with van der Waals surface area (Å²) in [6.45, 7) is 0. The van der Waals surface area contributed by atoms with Gasteiger partial charge in [0.1, 0.15) is 0 Å². The molecule has 18 aromatic rings. The number of rotatable bonds is 9. The molecule has 0 bridgehead atoms. The van der Waals surface area contributed by atoms with Crippen molar-refractivity contribution in [3.05, 3.63) is 479 Å². The van der Waals surface area contributed by atoms with Crippen LogP contribution in [0.3, 0.4) is 0 Å². The minimum absolute atomic E-state index is 0.625. The molecule has 18 aromatic carbocycles. The SMILES string of the molecule is c1ccc(N2c3ccccc3C(c3ccccc3)(c3ccccc3)c3cccc(-c4cccc5c(-c6cccc7c6-c6ccccc6C76c7ccccc7-c7ccc8ccccc8c76)c6cccc(-c7cccc8c7N(c7ccccc7)c7ccccc7C8(c7ccccc7)c7ccccc7)c6cc45)c32)cc1. The van der Waals surface area contributed by atoms with E-state index >= 15 is 0 Å². The molecular weight excluding hydrogens is 1290 g/mol. The Morgan fingerprint density at radius 3 is 1.02 bits per heavy atom. The smallest absolute Gasteiger partial charge is 0.0742 e. The van der Waals surface area contributed by atoms with E-state index in [1.165, 1.54) is 122 Å². The van der Waals surface area contributed by atoms with Gasteiger partial charge in [0.05, 0.1) is 39.0 Å². The Bertz CT molecular complexity index is 6260. The van der Waals surface area contributed by atoms with Gasteiger partial charge in [0.25, 0.3) is 0 Å². The molecule has 0 saturated carbocycles. The number of nitrogens with zero attached hydrogens (tertiary/aromatic N) is 2. The van der Waals surface area contributed by atoms with Crippen LogP contribution in [0, 0.1) is 0 Å². The second-order valence-electron chi connectivity index (χ2n) is 29.1. The molecule has 2 aliphatic carbocycles. The number of anilines is 6. The van der Waals surface area contributed by atoms with Gasteiger partial charge in [-0.25, -0.2) is 0 Å². The normalized spacial score (nSPS) is 15.1. The molecular formula is C105H68N2. The molecule has 0 N–H and O–H groups in total. The predicted molar refractivity (Wildman–Crippen MR) is 445 cm³/mol. The first-order valence-corrected chi connectivity index (χ1v) is 37.4. The number of fused-ring (bicyclic) bond motifs is 18. The summed E-state index contributed by atoms with van der Waals surface area (Å²) >= 11 is 0. The number of para-hydroxylation sites is 6. The van der Waals surface area contributed by atoms with E-state index in [-0.39, 0.29) is 0 Å². The topological polar surface area (TPSA) is 6.48 Å². The van der Waals surface area contributed by atoms with Crippen LogP contribution in [0.4, 0.5) is 34.1 Å². The quantitative estimate of drug-likeness (QED) is 0.133. The van der Waals surface area contributed by atoms with Crippen molar-refractivity contribution in [2.45, 2.75) is 16.2 Å². The summed E-state index contributed by atoms with van der Waals surface area (Å²) in [5.41, 5.74) is 31.7. The van der Waals surface area contributed by atoms with Crippen LogP contribution in [-0.2, 0) is 16.2 Å². The summed E-state index contributed by atoms with van der Waals surface area (Å²) in [6, 6.07) is 156. The molecule has 4 aliphatic rings. The molecule has 2 aliphatic heterocycles. The van der Waals surface area contributed by atoms with Crippen molar-refractivity contribution in [2.24, 2.45) is 0 Å². The molecule has 22 rings (SSSR count). The largest absolute Gasteiger partial charge is 0.309 e. The van der Waals surface area contributed by atoms with Gasteiger partial charge in [-0.15, -0.1) is 0 Å². The lowest BCUT2D eigenvalue weighted by molar-refractivity contribution is 0.731. The molecule has 2 heteroatoms. The molecule has 2 heterocycles. The van der Waals surface area contributed by atoms with Gasteiger partial charge in [0.2, 0.25) is 0 Å². The highest BCUT2D eigenvalue weighted by Gasteiger charge is 2.54. The number of benzene rings is 18. The Morgan fingerprint density at radius 2 is 0.523 bits per heavy atom. The fourth-order valence-corrected chi connectivity index (χ4v) is 20.2. The van der Waals surface area contributed by atoms with Crippen molar-refractivity contribution in [2.75, 3.05) is 9.80 Å². The van der Waals surface area contributed by atoms with Gasteiger partial charge in [0, 0.05) is 22.5 Å². The molecule has 0 saturated heterocycles. The zero-order valence-corrected chi connectivity index (χ0v) is 58.7. The van der Waals surface area contributed by atoms with Gasteiger partial charge < -0.3 is 9.80 Å². The zero-order chi connectivity index (χ0) is 70.4. The van der Waals surface area contributed by atoms with Crippen LogP contribution in [0.25, 0.3) is 88.0 Å². The molecule has 1 spiro atoms. The van der Waals surface area contributed by atoms with Crippen molar-refractivity contribution < 1.29 is 0 Å². The molecule has 1 atom stereocenters. The molecule has 498 valence electrons. The first-order valence-electron chi connectivity index (χ1n) is 37.4. The van der Waals surface area contributed by atoms with Crippen LogP contribution in [-0.4, -0.2) is 0 Å². The molecule has 0 fully saturated rings. The minimum atomic E-state index is -0.730. The summed E-state index contributed by atoms with van der Waals surface area (Å²) in [7, 11) is 0. The second-order valence-corrected chi connectivity index (χ2v) is 29.1. The van der Waals surface area contributed by atoms with Crippen LogP contribution in [0.2, 0.25) is 0 Å². The summed E-state index contributed by atoms with van der Waals surface area (Å²) in [6.07, 6.45) is 0. The third-order valence-electron chi connectivity index (χ3n) is 24.2. The Balaban J connectivity index is 0.900. The van der Waals surface area contributed by atoms with E-state index in [2.05, 4.69) is 422 Å². The van der Waals surface area contributed by atoms with Crippen molar-refractivity contribution in [3.8, 4) is 55.6 Å². The zero-order valence-electron chi connectivity index (χ0n) is 58.7. The van der Waals surface area contributed by atoms with E-state index in [4.69, 9.17) is 0 Å². The molecule has 0 radical (unpaired) electrons. The standard InChI is InChI=1S/C105H68N2/c1-7-35-70(36-8-1)103(71-37-9-2-10-38-71)91-59-25-27-64-96(91)106(74-43-15-5-16-44-74)101-83(54-31-62-94(101)103)77-50-29-52-80-87(77)68-88-78(84-55-32-63-95-102(84)107(75-45-17-6-18-46-75)97-65-28-26-60-92(97)104(95,72-39-11-3-12-40-72)73-41-13-4-14-42-73)51-30-53-81(88)98(80)86-56-33-61-93-99(86)85-49-22-24-58-90(85)105(93)89-57-23-21-48-79(89)82-67-66-69-34-19-20-47-76(69)100(82)105/h1-68H. The van der Waals surface area contributed by atoms with Crippen LogP contribution in [0.5, 0.6) is 0 Å². The molecule has 1 unspecified atom stereocenters. The lowest BCUT2D eigenvalue weighted by Gasteiger charge is -2.47. The second kappa shape index (κ2) is 23.7. The van der Waals surface area contributed by atoms with Gasteiger partial charge in [-0.1, -0.05) is 370 Å². The molecule has 0 aromatic heterocycles. The summed E-state index contributed by atoms with van der Waals surface area (Å²) in [5, 5.41) is 7.19. The highest BCUT2D eigenvalue weighted by atomic mass is 15.2. The van der Waals surface area contributed by atoms with E-state index in [9.17, 15) is 0 Å². The van der Waals surface area contributed by atoms with Gasteiger partial charge in [-0.05, 0) is 186 Å². The first-order chi connectivity index (χ1) is 53.2. The van der Waals surface area contributed by atoms with Gasteiger partial charge >= 0.3 is 0 Å². The summed E-state index contributed by atoms with van der Waals surface area (Å²) in [5.74, 6) is 0. The predicted octanol–water partition coefficient (Wildman–Crippen LogP) is 26.8. The van der Waals surface area contributed by atoms with E-state index in [1.54, 1.807) is 0 Å². The third kappa shape index (κ3) is 8.35. The van der Waals surface area contributed by atoms with Gasteiger partial charge in [0.15, 0.2) is 0 Å². The van der Waals surface area contributed by atoms with Crippen molar-refractivity contribution >= 4 is 66.4 Å². The Hall–Kier alpha value is -13.7. The summed E-state index contributed by atoms with van der Waals surface area (Å²) in [4.78, 5) is 5.13. The average molecular weight is 1360 g/mol. The lowest BCUT2D eigenvalue weighted by atomic mass is 9.62. The van der Waals surface area contributed by atoms with E-state index < -0.39 is 16.2 Å². The Morgan fingerprint density at radius 1 is 0.178 bits per heavy atom. The van der Waals surface area contributed by atoms with Gasteiger partial charge in [-0.2, -0.15) is 0 Å². The highest BCUT2D eigenvalue weighted by molar-refractivity contribution is 6.23. The maximum absolute atomic E-state index is 2.59. The van der Waals surface area contributed by atoms with E-state index in [1.807, 2.05) is 0 Å². The van der Waals surface area contributed by atoms with Crippen molar-refractivity contribution in [3.63, 3.8) is 0 Å². The van der Waals surface area contributed by atoms with Crippen LogP contribution >= 0.6 is 0 Å². The Labute approximate surface area is 623 Å². The Kier molecular flexibility index (Phi) is 13.5. The van der Waals surface area contributed by atoms with Crippen LogP contribution < -0.4 is 9.80 Å². The monoisotopic (exact) mass is 1360 g/mol. The van der Waals surface area contributed by atoms with Crippen LogP contribution in [0.1, 0.15) is 66.8 Å². The molecule has 0 amide bonds. The number of hydrogen-bond acceptors (Lipinski definition) is 2. The molecule has 107 heavy (non-hydrogen) atoms.